The van der Waals surface area contributed by atoms with Gasteiger partial charge in [0.05, 0.1) is 0 Å². The van der Waals surface area contributed by atoms with Gasteiger partial charge in [-0.1, -0.05) is 0 Å². The van der Waals surface area contributed by atoms with Crippen LogP contribution < -0.4 is 0 Å². The van der Waals surface area contributed by atoms with Gasteiger partial charge in [0.2, 0.25) is 0 Å². The van der Waals surface area contributed by atoms with Gasteiger partial charge in [-0.05, 0) is 0 Å². The zero-order valence-electron chi connectivity index (χ0n) is 2.43. The van der Waals surface area contributed by atoms with E-state index < -0.39 is 6.53 Å². The monoisotopic (exact) mass is 309 g/mol. The number of halogens is 1. The fourth-order valence-corrected chi connectivity index (χ4v) is 0. The fourth-order valence-electron chi connectivity index (χ4n) is 0. The average Bonchev–Trinajstić information content (AvgIpc) is 0.811. The Bertz CT molecular complexity index is 18.3. The Morgan fingerprint density at radius 2 is 1.33 bits per heavy atom. The maximum atomic E-state index is 7.38. The minimum atomic E-state index is -1.69. The van der Waals surface area contributed by atoms with Gasteiger partial charge in [-0.2, -0.15) is 0 Å². The minimum absolute atomic E-state index is 0. The molecule has 2 N–H and O–H groups in total. The first-order chi connectivity index (χ1) is 1.73. The molecule has 0 aliphatic carbocycles. The molecule has 6 heavy (non-hydrogen) atoms. The Balaban J connectivity index is -0.0000000450. The molecule has 0 aromatic carbocycles. The molecule has 2 nitrogen and oxygen atoms in total. The van der Waals surface area contributed by atoms with E-state index in [0.717, 1.165) is 0 Å². The zero-order valence-corrected chi connectivity index (χ0v) is 6.81. The van der Waals surface area contributed by atoms with Crippen molar-refractivity contribution in [1.82, 2.24) is 0 Å². The van der Waals surface area contributed by atoms with Crippen LogP contribution in [0.15, 0.2) is 0 Å². The molecule has 0 aromatic heterocycles. The molecule has 0 rings (SSSR count). The van der Waals surface area contributed by atoms with E-state index in [1.165, 1.54) is 0 Å². The Hall–Kier alpha value is 2.95. The number of rotatable bonds is 0. The molecule has 0 aliphatic rings. The summed E-state index contributed by atoms with van der Waals surface area (Å²) < 4.78 is 0. The van der Waals surface area contributed by atoms with Crippen LogP contribution in [0.3, 0.4) is 0 Å². The van der Waals surface area contributed by atoms with E-state index >= 15 is 0 Å². The van der Waals surface area contributed by atoms with E-state index in [-0.39, 0.29) is 81.1 Å². The van der Waals surface area contributed by atoms with Crippen LogP contribution in [-0.2, 0) is 0 Å². The molecular formula is H4BClLaO2Sr. The van der Waals surface area contributed by atoms with E-state index in [1.54, 1.807) is 0 Å². The summed E-state index contributed by atoms with van der Waals surface area (Å²) >= 11 is 4.39. The van der Waals surface area contributed by atoms with Crippen LogP contribution in [0.25, 0.3) is 0 Å². The first kappa shape index (κ1) is 16.0. The van der Waals surface area contributed by atoms with Gasteiger partial charge in [-0.25, -0.2) is 0 Å². The predicted octanol–water partition coefficient (Wildman–Crippen LogP) is -1.72. The second-order valence-electron chi connectivity index (χ2n) is 0.311. The molecule has 6 heteroatoms. The molecule has 0 heterocycles. The molecule has 0 aromatic rings. The van der Waals surface area contributed by atoms with E-state index in [0.29, 0.717) is 0 Å². The van der Waals surface area contributed by atoms with Crippen molar-refractivity contribution in [2.24, 2.45) is 0 Å². The second kappa shape index (κ2) is 10.8. The molecule has 0 amide bonds. The number of hydrogen-bond acceptors (Lipinski definition) is 2. The van der Waals surface area contributed by atoms with Crippen LogP contribution >= 0.6 is 11.5 Å². The van der Waals surface area contributed by atoms with Gasteiger partial charge >= 0.3 is 52.0 Å². The topological polar surface area (TPSA) is 40.5 Å². The average molecular weight is 309 g/mol. The van der Waals surface area contributed by atoms with E-state index in [1.807, 2.05) is 0 Å². The molecule has 0 unspecified atom stereocenters. The standard InChI is InChI=1S/BClH2O2.La.Sr.2H/c2-1(3)4;;;;/h3-4H;;;;. The summed E-state index contributed by atoms with van der Waals surface area (Å²) in [7, 11) is 0. The van der Waals surface area contributed by atoms with Crippen LogP contribution in [0.1, 0.15) is 0 Å². The summed E-state index contributed by atoms with van der Waals surface area (Å²) in [6, 6.07) is 0. The van der Waals surface area contributed by atoms with Gasteiger partial charge < -0.3 is 10.0 Å². The Kier molecular flexibility index (Phi) is 28.9. The molecular weight excluding hydrogens is 305 g/mol. The summed E-state index contributed by atoms with van der Waals surface area (Å²) in [5, 5.41) is 14.8. The summed E-state index contributed by atoms with van der Waals surface area (Å²) in [5.74, 6) is 0. The van der Waals surface area contributed by atoms with Gasteiger partial charge in [0, 0.05) is 35.6 Å². The van der Waals surface area contributed by atoms with Crippen molar-refractivity contribution in [3.63, 3.8) is 0 Å². The summed E-state index contributed by atoms with van der Waals surface area (Å²) in [4.78, 5) is 0. The van der Waals surface area contributed by atoms with Crippen LogP contribution in [0.5, 0.6) is 0 Å². The quantitative estimate of drug-likeness (QED) is 0.523. The van der Waals surface area contributed by atoms with E-state index in [9.17, 15) is 0 Å². The first-order valence-corrected chi connectivity index (χ1v) is 1.17. The molecule has 31 valence electrons. The van der Waals surface area contributed by atoms with Crippen molar-refractivity contribution in [3.05, 3.63) is 0 Å². The summed E-state index contributed by atoms with van der Waals surface area (Å²) in [6.45, 7) is -1.69. The summed E-state index contributed by atoms with van der Waals surface area (Å²) in [5.41, 5.74) is 0. The van der Waals surface area contributed by atoms with Crippen LogP contribution in [-0.4, -0.2) is 62.1 Å². The van der Waals surface area contributed by atoms with E-state index in [2.05, 4.69) is 11.5 Å². The van der Waals surface area contributed by atoms with Crippen LogP contribution in [0.4, 0.5) is 0 Å². The van der Waals surface area contributed by atoms with Crippen LogP contribution in [0, 0.1) is 35.6 Å². The van der Waals surface area contributed by atoms with Crippen molar-refractivity contribution in [1.29, 1.82) is 0 Å². The van der Waals surface area contributed by atoms with Gasteiger partial charge in [0.1, 0.15) is 0 Å². The van der Waals surface area contributed by atoms with Gasteiger partial charge in [-0.15, -0.1) is 11.5 Å². The molecule has 0 fully saturated rings. The third-order valence-corrected chi connectivity index (χ3v) is 0. The van der Waals surface area contributed by atoms with Crippen molar-refractivity contribution in [3.8, 4) is 0 Å². The van der Waals surface area contributed by atoms with Crippen molar-refractivity contribution >= 4 is 63.5 Å². The Morgan fingerprint density at radius 1 is 1.33 bits per heavy atom. The molecule has 0 atom stereocenters. The van der Waals surface area contributed by atoms with E-state index in [4.69, 9.17) is 10.0 Å². The molecule has 0 spiro atoms. The fraction of sp³-hybridized carbons (Fsp3) is 0. The Labute approximate surface area is 107 Å². The maximum absolute atomic E-state index is 7.38. The Morgan fingerprint density at radius 3 is 1.33 bits per heavy atom. The molecule has 0 bridgehead atoms. The van der Waals surface area contributed by atoms with Crippen molar-refractivity contribution in [2.75, 3.05) is 0 Å². The van der Waals surface area contributed by atoms with Crippen molar-refractivity contribution in [2.45, 2.75) is 0 Å². The SMILES string of the molecule is OB(O)Cl.[La].[SrH2]. The van der Waals surface area contributed by atoms with Gasteiger partial charge in [0.25, 0.3) is 0 Å². The molecule has 0 aliphatic heterocycles. The second-order valence-corrected chi connectivity index (χ2v) is 0.701. The number of hydrogen-bond donors (Lipinski definition) is 2. The van der Waals surface area contributed by atoms with Crippen LogP contribution in [0.2, 0.25) is 0 Å². The normalized spacial score (nSPS) is 4.50. The van der Waals surface area contributed by atoms with Crippen molar-refractivity contribution < 1.29 is 45.6 Å². The molecule has 1 radical (unpaired) electrons. The predicted molar refractivity (Wildman–Crippen MR) is 24.6 cm³/mol. The third kappa shape index (κ3) is 28.3. The molecule has 0 saturated heterocycles. The third-order valence-electron chi connectivity index (χ3n) is 0. The first-order valence-electron chi connectivity index (χ1n) is 0.735. The summed E-state index contributed by atoms with van der Waals surface area (Å²) in [6.07, 6.45) is 0. The van der Waals surface area contributed by atoms with Gasteiger partial charge in [-0.3, -0.25) is 0 Å². The zero-order chi connectivity index (χ0) is 3.58. The van der Waals surface area contributed by atoms with Gasteiger partial charge in [0.15, 0.2) is 0 Å². The molecule has 0 saturated carbocycles.